The maximum Gasteiger partial charge on any atom is 0.246 e. The Bertz CT molecular complexity index is 755. The predicted molar refractivity (Wildman–Crippen MR) is 109 cm³/mol. The molecule has 1 fully saturated rings. The topological polar surface area (TPSA) is 23.6 Å². The van der Waals surface area contributed by atoms with Gasteiger partial charge in [-0.15, -0.1) is 0 Å². The number of rotatable bonds is 5. The lowest BCUT2D eigenvalue weighted by Crippen LogP contribution is -2.48. The van der Waals surface area contributed by atoms with Crippen LogP contribution in [0, 0.1) is 6.92 Å². The molecule has 1 saturated heterocycles. The van der Waals surface area contributed by atoms with E-state index in [9.17, 15) is 4.79 Å². The first kappa shape index (κ1) is 18.2. The summed E-state index contributed by atoms with van der Waals surface area (Å²) in [4.78, 5) is 16.7. The van der Waals surface area contributed by atoms with E-state index in [1.54, 1.807) is 6.08 Å². The van der Waals surface area contributed by atoms with Gasteiger partial charge >= 0.3 is 0 Å². The molecule has 1 aliphatic heterocycles. The average molecular weight is 346 g/mol. The van der Waals surface area contributed by atoms with Gasteiger partial charge < -0.3 is 4.90 Å². The van der Waals surface area contributed by atoms with Crippen LogP contribution in [-0.4, -0.2) is 48.4 Å². The highest BCUT2D eigenvalue weighted by Gasteiger charge is 2.18. The average Bonchev–Trinajstić information content (AvgIpc) is 2.69. The molecule has 0 N–H and O–H groups in total. The van der Waals surface area contributed by atoms with Gasteiger partial charge in [0.25, 0.3) is 0 Å². The quantitative estimate of drug-likeness (QED) is 0.768. The standard InChI is InChI=1S/C23H26N2O/c1-20-9-11-22(12-10-20)13-14-23(26)25-18-16-24(17-19-25)15-5-8-21-6-3-2-4-7-21/h2-14H,15-19H2,1H3. The molecule has 0 unspecified atom stereocenters. The van der Waals surface area contributed by atoms with Crippen LogP contribution in [0.25, 0.3) is 12.2 Å². The van der Waals surface area contributed by atoms with E-state index in [2.05, 4.69) is 48.2 Å². The highest BCUT2D eigenvalue weighted by atomic mass is 16.2. The summed E-state index contributed by atoms with van der Waals surface area (Å²) < 4.78 is 0. The number of aryl methyl sites for hydroxylation is 1. The molecule has 26 heavy (non-hydrogen) atoms. The third-order valence-corrected chi connectivity index (χ3v) is 4.65. The van der Waals surface area contributed by atoms with Crippen LogP contribution in [0.5, 0.6) is 0 Å². The van der Waals surface area contributed by atoms with Crippen LogP contribution >= 0.6 is 0 Å². The molecule has 2 aromatic carbocycles. The summed E-state index contributed by atoms with van der Waals surface area (Å²) in [5.74, 6) is 0.102. The van der Waals surface area contributed by atoms with Crippen molar-refractivity contribution in [3.05, 3.63) is 83.4 Å². The van der Waals surface area contributed by atoms with E-state index in [1.807, 2.05) is 41.3 Å². The molecule has 0 radical (unpaired) electrons. The van der Waals surface area contributed by atoms with Gasteiger partial charge in [-0.05, 0) is 24.1 Å². The second-order valence-electron chi connectivity index (χ2n) is 6.68. The molecule has 134 valence electrons. The van der Waals surface area contributed by atoms with Crippen LogP contribution < -0.4 is 0 Å². The highest BCUT2D eigenvalue weighted by molar-refractivity contribution is 5.91. The summed E-state index contributed by atoms with van der Waals surface area (Å²) in [6.07, 6.45) is 7.94. The number of hydrogen-bond donors (Lipinski definition) is 0. The van der Waals surface area contributed by atoms with Crippen molar-refractivity contribution in [2.24, 2.45) is 0 Å². The molecule has 3 heteroatoms. The van der Waals surface area contributed by atoms with Crippen LogP contribution in [0.2, 0.25) is 0 Å². The van der Waals surface area contributed by atoms with Gasteiger partial charge in [0.05, 0.1) is 0 Å². The maximum atomic E-state index is 12.4. The maximum absolute atomic E-state index is 12.4. The molecule has 0 saturated carbocycles. The Kier molecular flexibility index (Phi) is 6.39. The number of carbonyl (C=O) groups is 1. The number of benzene rings is 2. The smallest absolute Gasteiger partial charge is 0.246 e. The van der Waals surface area contributed by atoms with Crippen molar-refractivity contribution in [3.8, 4) is 0 Å². The number of piperazine rings is 1. The molecule has 0 aromatic heterocycles. The van der Waals surface area contributed by atoms with E-state index >= 15 is 0 Å². The van der Waals surface area contributed by atoms with Crippen molar-refractivity contribution in [1.82, 2.24) is 9.80 Å². The van der Waals surface area contributed by atoms with E-state index in [1.165, 1.54) is 11.1 Å². The third-order valence-electron chi connectivity index (χ3n) is 4.65. The second-order valence-corrected chi connectivity index (χ2v) is 6.68. The summed E-state index contributed by atoms with van der Waals surface area (Å²) in [5, 5.41) is 0. The van der Waals surface area contributed by atoms with Crippen molar-refractivity contribution in [2.75, 3.05) is 32.7 Å². The lowest BCUT2D eigenvalue weighted by atomic mass is 10.1. The van der Waals surface area contributed by atoms with Gasteiger partial charge in [-0.3, -0.25) is 9.69 Å². The molecule has 0 atom stereocenters. The molecule has 3 rings (SSSR count). The minimum atomic E-state index is 0.102. The number of carbonyl (C=O) groups excluding carboxylic acids is 1. The SMILES string of the molecule is Cc1ccc(C=CC(=O)N2CCN(CC=Cc3ccccc3)CC2)cc1. The van der Waals surface area contributed by atoms with Gasteiger partial charge in [-0.2, -0.15) is 0 Å². The third kappa shape index (κ3) is 5.43. The largest absolute Gasteiger partial charge is 0.337 e. The minimum Gasteiger partial charge on any atom is -0.337 e. The summed E-state index contributed by atoms with van der Waals surface area (Å²) in [6.45, 7) is 6.41. The van der Waals surface area contributed by atoms with E-state index in [0.29, 0.717) is 0 Å². The first-order valence-corrected chi connectivity index (χ1v) is 9.18. The Labute approximate surface area is 156 Å². The van der Waals surface area contributed by atoms with E-state index in [-0.39, 0.29) is 5.91 Å². The molecular weight excluding hydrogens is 320 g/mol. The Balaban J connectivity index is 1.43. The van der Waals surface area contributed by atoms with Crippen LogP contribution in [0.4, 0.5) is 0 Å². The molecule has 0 spiro atoms. The van der Waals surface area contributed by atoms with Crippen LogP contribution in [0.1, 0.15) is 16.7 Å². The fourth-order valence-electron chi connectivity index (χ4n) is 3.00. The Morgan fingerprint density at radius 3 is 2.23 bits per heavy atom. The normalized spacial score (nSPS) is 15.8. The van der Waals surface area contributed by atoms with Crippen molar-refractivity contribution in [3.63, 3.8) is 0 Å². The number of amides is 1. The highest BCUT2D eigenvalue weighted by Crippen LogP contribution is 2.08. The van der Waals surface area contributed by atoms with Gasteiger partial charge in [-0.25, -0.2) is 0 Å². The molecule has 0 bridgehead atoms. The molecular formula is C23H26N2O. The van der Waals surface area contributed by atoms with Crippen LogP contribution in [-0.2, 0) is 4.79 Å². The van der Waals surface area contributed by atoms with Gasteiger partial charge in [0.15, 0.2) is 0 Å². The molecule has 0 aliphatic carbocycles. The number of hydrogen-bond acceptors (Lipinski definition) is 2. The minimum absolute atomic E-state index is 0.102. The summed E-state index contributed by atoms with van der Waals surface area (Å²) >= 11 is 0. The molecule has 3 nitrogen and oxygen atoms in total. The van der Waals surface area contributed by atoms with E-state index < -0.39 is 0 Å². The van der Waals surface area contributed by atoms with Crippen molar-refractivity contribution >= 4 is 18.1 Å². The molecule has 1 aliphatic rings. The zero-order chi connectivity index (χ0) is 18.2. The van der Waals surface area contributed by atoms with Crippen LogP contribution in [0.3, 0.4) is 0 Å². The van der Waals surface area contributed by atoms with Gasteiger partial charge in [0, 0.05) is 38.8 Å². The Morgan fingerprint density at radius 1 is 0.885 bits per heavy atom. The van der Waals surface area contributed by atoms with E-state index in [4.69, 9.17) is 0 Å². The van der Waals surface area contributed by atoms with E-state index in [0.717, 1.165) is 38.3 Å². The van der Waals surface area contributed by atoms with Crippen molar-refractivity contribution in [1.29, 1.82) is 0 Å². The summed E-state index contributed by atoms with van der Waals surface area (Å²) in [6, 6.07) is 18.5. The first-order chi connectivity index (χ1) is 12.7. The molecule has 1 amide bonds. The second kappa shape index (κ2) is 9.16. The van der Waals surface area contributed by atoms with Crippen molar-refractivity contribution in [2.45, 2.75) is 6.92 Å². The molecule has 2 aromatic rings. The molecule has 1 heterocycles. The first-order valence-electron chi connectivity index (χ1n) is 9.18. The lowest BCUT2D eigenvalue weighted by Gasteiger charge is -2.33. The fraction of sp³-hybridized carbons (Fsp3) is 0.261. The monoisotopic (exact) mass is 346 g/mol. The summed E-state index contributed by atoms with van der Waals surface area (Å²) in [5.41, 5.74) is 3.52. The van der Waals surface area contributed by atoms with Crippen molar-refractivity contribution < 1.29 is 4.79 Å². The van der Waals surface area contributed by atoms with Gasteiger partial charge in [-0.1, -0.05) is 72.3 Å². The summed E-state index contributed by atoms with van der Waals surface area (Å²) in [7, 11) is 0. The van der Waals surface area contributed by atoms with Gasteiger partial charge in [0.1, 0.15) is 0 Å². The Morgan fingerprint density at radius 2 is 1.54 bits per heavy atom. The van der Waals surface area contributed by atoms with Crippen LogP contribution in [0.15, 0.2) is 66.7 Å². The predicted octanol–water partition coefficient (Wildman–Crippen LogP) is 3.87. The Hall–Kier alpha value is -2.65. The zero-order valence-electron chi connectivity index (χ0n) is 15.3. The zero-order valence-corrected chi connectivity index (χ0v) is 15.3. The number of nitrogens with zero attached hydrogens (tertiary/aromatic N) is 2. The lowest BCUT2D eigenvalue weighted by molar-refractivity contribution is -0.127. The van der Waals surface area contributed by atoms with Gasteiger partial charge in [0.2, 0.25) is 5.91 Å². The fourth-order valence-corrected chi connectivity index (χ4v) is 3.00.